The Balaban J connectivity index is 2.03. The number of hydrogen-bond acceptors (Lipinski definition) is 4. The molecule has 4 nitrogen and oxygen atoms in total. The molecule has 0 spiro atoms. The van der Waals surface area contributed by atoms with Gasteiger partial charge in [0.1, 0.15) is 24.2 Å². The third kappa shape index (κ3) is 3.50. The van der Waals surface area contributed by atoms with Gasteiger partial charge in [0.05, 0.1) is 13.7 Å². The van der Waals surface area contributed by atoms with Crippen LogP contribution in [0.2, 0.25) is 0 Å². The Hall–Kier alpha value is -2.04. The van der Waals surface area contributed by atoms with Crippen LogP contribution in [0.25, 0.3) is 0 Å². The molecule has 0 heterocycles. The first-order chi connectivity index (χ1) is 9.74. The summed E-state index contributed by atoms with van der Waals surface area (Å²) >= 11 is 0. The van der Waals surface area contributed by atoms with E-state index in [-0.39, 0.29) is 13.2 Å². The van der Waals surface area contributed by atoms with Crippen LogP contribution < -0.4 is 9.47 Å². The van der Waals surface area contributed by atoms with Crippen molar-refractivity contribution in [2.75, 3.05) is 13.7 Å². The number of aliphatic hydroxyl groups is 2. The summed E-state index contributed by atoms with van der Waals surface area (Å²) in [7, 11) is 1.57. The maximum Gasteiger partial charge on any atom is 0.125 e. The molecule has 1 unspecified atom stereocenters. The zero-order valence-corrected chi connectivity index (χ0v) is 11.3. The van der Waals surface area contributed by atoms with Gasteiger partial charge in [0.25, 0.3) is 0 Å². The van der Waals surface area contributed by atoms with E-state index in [1.165, 1.54) is 0 Å². The SMILES string of the molecule is COc1ccc(OCC(O)c2ccccc2)c(CO)c1. The van der Waals surface area contributed by atoms with Crippen LogP contribution in [-0.2, 0) is 6.61 Å². The molecular formula is C16H18O4. The first-order valence-electron chi connectivity index (χ1n) is 6.38. The Kier molecular flexibility index (Phi) is 4.98. The maximum absolute atomic E-state index is 10.0. The van der Waals surface area contributed by atoms with Crippen LogP contribution in [0.4, 0.5) is 0 Å². The molecule has 20 heavy (non-hydrogen) atoms. The first-order valence-corrected chi connectivity index (χ1v) is 6.38. The van der Waals surface area contributed by atoms with Crippen LogP contribution in [0.3, 0.4) is 0 Å². The van der Waals surface area contributed by atoms with Crippen LogP contribution in [-0.4, -0.2) is 23.9 Å². The molecule has 2 aromatic rings. The van der Waals surface area contributed by atoms with Crippen molar-refractivity contribution < 1.29 is 19.7 Å². The number of ether oxygens (including phenoxy) is 2. The molecule has 1 atom stereocenters. The summed E-state index contributed by atoms with van der Waals surface area (Å²) in [6.45, 7) is -0.0166. The minimum atomic E-state index is -0.704. The average Bonchev–Trinajstić information content (AvgIpc) is 2.53. The lowest BCUT2D eigenvalue weighted by atomic mass is 10.1. The summed E-state index contributed by atoms with van der Waals surface area (Å²) < 4.78 is 10.7. The van der Waals surface area contributed by atoms with E-state index in [9.17, 15) is 10.2 Å². The lowest BCUT2D eigenvalue weighted by molar-refractivity contribution is 0.106. The highest BCUT2D eigenvalue weighted by atomic mass is 16.5. The molecule has 0 radical (unpaired) electrons. The second kappa shape index (κ2) is 6.93. The van der Waals surface area contributed by atoms with Gasteiger partial charge >= 0.3 is 0 Å². The van der Waals surface area contributed by atoms with Gasteiger partial charge in [0.2, 0.25) is 0 Å². The van der Waals surface area contributed by atoms with Crippen LogP contribution in [0.15, 0.2) is 48.5 Å². The van der Waals surface area contributed by atoms with E-state index in [1.807, 2.05) is 30.3 Å². The molecule has 106 valence electrons. The summed E-state index contributed by atoms with van der Waals surface area (Å²) in [6, 6.07) is 14.5. The number of hydrogen-bond donors (Lipinski definition) is 2. The van der Waals surface area contributed by atoms with Gasteiger partial charge in [-0.05, 0) is 23.8 Å². The van der Waals surface area contributed by atoms with Crippen molar-refractivity contribution in [2.45, 2.75) is 12.7 Å². The number of benzene rings is 2. The lowest BCUT2D eigenvalue weighted by Gasteiger charge is -2.15. The van der Waals surface area contributed by atoms with Crippen LogP contribution in [0.1, 0.15) is 17.2 Å². The Bertz CT molecular complexity index is 539. The molecule has 2 aromatic carbocycles. The van der Waals surface area contributed by atoms with Gasteiger partial charge in [-0.25, -0.2) is 0 Å². The van der Waals surface area contributed by atoms with E-state index in [2.05, 4.69) is 0 Å². The second-order valence-electron chi connectivity index (χ2n) is 4.37. The topological polar surface area (TPSA) is 58.9 Å². The fraction of sp³-hybridized carbons (Fsp3) is 0.250. The molecular weight excluding hydrogens is 256 g/mol. The highest BCUT2D eigenvalue weighted by molar-refractivity contribution is 5.40. The van der Waals surface area contributed by atoms with Crippen molar-refractivity contribution in [1.82, 2.24) is 0 Å². The molecule has 0 aromatic heterocycles. The van der Waals surface area contributed by atoms with Crippen molar-refractivity contribution >= 4 is 0 Å². The summed E-state index contributed by atoms with van der Waals surface area (Å²) in [5, 5.41) is 19.4. The summed E-state index contributed by atoms with van der Waals surface area (Å²) in [4.78, 5) is 0. The van der Waals surface area contributed by atoms with Gasteiger partial charge in [-0.1, -0.05) is 30.3 Å². The van der Waals surface area contributed by atoms with Crippen molar-refractivity contribution in [3.8, 4) is 11.5 Å². The third-order valence-corrected chi connectivity index (χ3v) is 3.02. The fourth-order valence-electron chi connectivity index (χ4n) is 1.89. The summed E-state index contributed by atoms with van der Waals surface area (Å²) in [5.41, 5.74) is 1.43. The molecule has 0 saturated heterocycles. The van der Waals surface area contributed by atoms with Crippen molar-refractivity contribution in [3.05, 3.63) is 59.7 Å². The number of aliphatic hydroxyl groups excluding tert-OH is 2. The molecule has 0 saturated carbocycles. The zero-order chi connectivity index (χ0) is 14.4. The minimum Gasteiger partial charge on any atom is -0.497 e. The van der Waals surface area contributed by atoms with Crippen molar-refractivity contribution in [3.63, 3.8) is 0 Å². The van der Waals surface area contributed by atoms with Crippen LogP contribution >= 0.6 is 0 Å². The molecule has 0 aliphatic heterocycles. The molecule has 0 bridgehead atoms. The maximum atomic E-state index is 10.0. The predicted molar refractivity (Wildman–Crippen MR) is 75.8 cm³/mol. The van der Waals surface area contributed by atoms with Crippen molar-refractivity contribution in [1.29, 1.82) is 0 Å². The van der Waals surface area contributed by atoms with Gasteiger partial charge in [0.15, 0.2) is 0 Å². The summed E-state index contributed by atoms with van der Waals surface area (Å²) in [5.74, 6) is 1.20. The van der Waals surface area contributed by atoms with Gasteiger partial charge in [-0.2, -0.15) is 0 Å². The van der Waals surface area contributed by atoms with E-state index in [0.29, 0.717) is 17.1 Å². The average molecular weight is 274 g/mol. The zero-order valence-electron chi connectivity index (χ0n) is 11.3. The van der Waals surface area contributed by atoms with E-state index in [0.717, 1.165) is 5.56 Å². The Labute approximate surface area is 118 Å². The Morgan fingerprint density at radius 2 is 1.85 bits per heavy atom. The molecule has 2 rings (SSSR count). The number of methoxy groups -OCH3 is 1. The molecule has 0 fully saturated rings. The number of rotatable bonds is 6. The molecule has 2 N–H and O–H groups in total. The first kappa shape index (κ1) is 14.4. The molecule has 0 aliphatic rings. The van der Waals surface area contributed by atoms with Gasteiger partial charge < -0.3 is 19.7 Å². The fourth-order valence-corrected chi connectivity index (χ4v) is 1.89. The molecule has 0 amide bonds. The predicted octanol–water partition coefficient (Wildman–Crippen LogP) is 2.30. The van der Waals surface area contributed by atoms with Gasteiger partial charge in [0, 0.05) is 5.56 Å². The largest absolute Gasteiger partial charge is 0.497 e. The second-order valence-corrected chi connectivity index (χ2v) is 4.37. The van der Waals surface area contributed by atoms with Crippen LogP contribution in [0, 0.1) is 0 Å². The molecule has 4 heteroatoms. The standard InChI is InChI=1S/C16H18O4/c1-19-14-7-8-16(13(9-14)10-17)20-11-15(18)12-5-3-2-4-6-12/h2-9,15,17-18H,10-11H2,1H3. The van der Waals surface area contributed by atoms with Crippen LogP contribution in [0.5, 0.6) is 11.5 Å². The van der Waals surface area contributed by atoms with E-state index >= 15 is 0 Å². The van der Waals surface area contributed by atoms with E-state index < -0.39 is 6.10 Å². The van der Waals surface area contributed by atoms with Crippen molar-refractivity contribution in [2.24, 2.45) is 0 Å². The molecule has 0 aliphatic carbocycles. The van der Waals surface area contributed by atoms with Gasteiger partial charge in [-0.15, -0.1) is 0 Å². The Morgan fingerprint density at radius 3 is 2.50 bits per heavy atom. The highest BCUT2D eigenvalue weighted by Gasteiger charge is 2.10. The van der Waals surface area contributed by atoms with E-state index in [1.54, 1.807) is 25.3 Å². The third-order valence-electron chi connectivity index (χ3n) is 3.02. The quantitative estimate of drug-likeness (QED) is 0.848. The smallest absolute Gasteiger partial charge is 0.125 e. The van der Waals surface area contributed by atoms with Gasteiger partial charge in [-0.3, -0.25) is 0 Å². The minimum absolute atomic E-state index is 0.128. The summed E-state index contributed by atoms with van der Waals surface area (Å²) in [6.07, 6.45) is -0.704. The normalized spacial score (nSPS) is 11.9. The monoisotopic (exact) mass is 274 g/mol. The van der Waals surface area contributed by atoms with E-state index in [4.69, 9.17) is 9.47 Å². The Morgan fingerprint density at radius 1 is 1.10 bits per heavy atom. The highest BCUT2D eigenvalue weighted by Crippen LogP contribution is 2.25. The lowest BCUT2D eigenvalue weighted by Crippen LogP contribution is -2.10.